The average molecular weight is 377 g/mol. The molecule has 2 aliphatic heterocycles. The second kappa shape index (κ2) is 6.30. The number of fused-ring (bicyclic) bond motifs is 2. The van der Waals surface area contributed by atoms with Gasteiger partial charge in [0, 0.05) is 17.9 Å². The summed E-state index contributed by atoms with van der Waals surface area (Å²) < 4.78 is 17.9. The Morgan fingerprint density at radius 1 is 1.14 bits per heavy atom. The molecule has 0 aliphatic carbocycles. The van der Waals surface area contributed by atoms with E-state index in [0.29, 0.717) is 18.0 Å². The highest BCUT2D eigenvalue weighted by molar-refractivity contribution is 5.95. The third-order valence-corrected chi connectivity index (χ3v) is 5.22. The lowest BCUT2D eigenvalue weighted by Gasteiger charge is -2.24. The first kappa shape index (κ1) is 16.7. The first-order valence-corrected chi connectivity index (χ1v) is 9.07. The molecule has 5 rings (SSSR count). The number of methoxy groups -OCH3 is 1. The molecule has 0 fully saturated rings. The normalized spacial score (nSPS) is 17.2. The summed E-state index contributed by atoms with van der Waals surface area (Å²) in [7, 11) is 1.63. The third-order valence-electron chi connectivity index (χ3n) is 5.22. The molecule has 7 heteroatoms. The topological polar surface area (TPSA) is 74.6 Å². The van der Waals surface area contributed by atoms with Crippen LogP contribution in [0.15, 0.2) is 42.5 Å². The van der Waals surface area contributed by atoms with Gasteiger partial charge in [-0.2, -0.15) is 5.10 Å². The van der Waals surface area contributed by atoms with E-state index in [9.17, 15) is 4.79 Å². The van der Waals surface area contributed by atoms with Gasteiger partial charge in [0.25, 0.3) is 0 Å². The minimum Gasteiger partial charge on any atom is -0.497 e. The Balaban J connectivity index is 1.61. The number of rotatable bonds is 3. The number of ether oxygens (including phenoxy) is 3. The lowest BCUT2D eigenvalue weighted by atomic mass is 9.85. The van der Waals surface area contributed by atoms with Crippen molar-refractivity contribution in [2.75, 3.05) is 19.2 Å². The molecule has 142 valence electrons. The maximum absolute atomic E-state index is 12.5. The molecule has 3 aromatic rings. The summed E-state index contributed by atoms with van der Waals surface area (Å²) in [5.74, 6) is 2.79. The van der Waals surface area contributed by atoms with Gasteiger partial charge in [-0.15, -0.1) is 0 Å². The Labute approximate surface area is 161 Å². The van der Waals surface area contributed by atoms with Gasteiger partial charge >= 0.3 is 0 Å². The van der Waals surface area contributed by atoms with Crippen molar-refractivity contribution in [3.8, 4) is 22.9 Å². The average Bonchev–Trinajstić information content (AvgIpc) is 3.31. The summed E-state index contributed by atoms with van der Waals surface area (Å²) in [6.45, 7) is 2.19. The van der Waals surface area contributed by atoms with Gasteiger partial charge in [0.2, 0.25) is 12.7 Å². The van der Waals surface area contributed by atoms with E-state index in [2.05, 4.69) is 5.32 Å². The Kier molecular flexibility index (Phi) is 3.75. The molecule has 3 heterocycles. The van der Waals surface area contributed by atoms with Crippen molar-refractivity contribution >= 4 is 11.7 Å². The van der Waals surface area contributed by atoms with Crippen LogP contribution < -0.4 is 19.5 Å². The zero-order chi connectivity index (χ0) is 19.3. The van der Waals surface area contributed by atoms with Gasteiger partial charge in [-0.1, -0.05) is 6.07 Å². The van der Waals surface area contributed by atoms with Crippen molar-refractivity contribution in [3.05, 3.63) is 59.3 Å². The predicted molar refractivity (Wildman–Crippen MR) is 103 cm³/mol. The summed E-state index contributed by atoms with van der Waals surface area (Å²) >= 11 is 0. The standard InChI is InChI=1S/C21H19N3O4/c1-12-20-16(13-3-8-17-18(9-13)28-11-27-17)10-19(25)22-21(20)24(23-12)14-4-6-15(26-2)7-5-14/h3-9,16H,10-11H2,1-2H3,(H,22,25)/t16-/m0/s1. The molecule has 0 radical (unpaired) electrons. The van der Waals surface area contributed by atoms with E-state index >= 15 is 0 Å². The fourth-order valence-electron chi connectivity index (χ4n) is 3.87. The van der Waals surface area contributed by atoms with E-state index in [1.807, 2.05) is 49.4 Å². The number of carbonyl (C=O) groups excluding carboxylic acids is 1. The van der Waals surface area contributed by atoms with E-state index in [-0.39, 0.29) is 18.6 Å². The largest absolute Gasteiger partial charge is 0.497 e. The van der Waals surface area contributed by atoms with Gasteiger partial charge in [0.1, 0.15) is 11.6 Å². The maximum atomic E-state index is 12.5. The van der Waals surface area contributed by atoms with Crippen LogP contribution in [0.1, 0.15) is 29.2 Å². The molecule has 2 aromatic carbocycles. The maximum Gasteiger partial charge on any atom is 0.231 e. The van der Waals surface area contributed by atoms with Crippen molar-refractivity contribution < 1.29 is 19.0 Å². The molecule has 0 saturated heterocycles. The number of carbonyl (C=O) groups is 1. The molecule has 28 heavy (non-hydrogen) atoms. The fraction of sp³-hybridized carbons (Fsp3) is 0.238. The minimum absolute atomic E-state index is 0.0372. The summed E-state index contributed by atoms with van der Waals surface area (Å²) in [4.78, 5) is 12.5. The number of anilines is 1. The first-order chi connectivity index (χ1) is 13.6. The van der Waals surface area contributed by atoms with Crippen LogP contribution in [-0.2, 0) is 4.79 Å². The van der Waals surface area contributed by atoms with Crippen LogP contribution in [0.5, 0.6) is 17.2 Å². The smallest absolute Gasteiger partial charge is 0.231 e. The monoisotopic (exact) mass is 377 g/mol. The van der Waals surface area contributed by atoms with Crippen LogP contribution in [0.2, 0.25) is 0 Å². The number of benzene rings is 2. The lowest BCUT2D eigenvalue weighted by Crippen LogP contribution is -2.24. The zero-order valence-electron chi connectivity index (χ0n) is 15.6. The van der Waals surface area contributed by atoms with Gasteiger partial charge in [-0.25, -0.2) is 4.68 Å². The number of hydrogen-bond donors (Lipinski definition) is 1. The van der Waals surface area contributed by atoms with Crippen LogP contribution in [0.4, 0.5) is 5.82 Å². The Hall–Kier alpha value is -3.48. The molecule has 1 N–H and O–H groups in total. The predicted octanol–water partition coefficient (Wildman–Crippen LogP) is 3.39. The second-order valence-corrected chi connectivity index (χ2v) is 6.88. The highest BCUT2D eigenvalue weighted by Crippen LogP contribution is 2.43. The van der Waals surface area contributed by atoms with Crippen molar-refractivity contribution in [3.63, 3.8) is 0 Å². The third kappa shape index (κ3) is 2.58. The quantitative estimate of drug-likeness (QED) is 0.757. The molecule has 0 unspecified atom stereocenters. The molecule has 7 nitrogen and oxygen atoms in total. The molecule has 1 atom stereocenters. The molecular weight excluding hydrogens is 358 g/mol. The number of hydrogen-bond acceptors (Lipinski definition) is 5. The van der Waals surface area contributed by atoms with Crippen LogP contribution >= 0.6 is 0 Å². The molecule has 1 amide bonds. The first-order valence-electron chi connectivity index (χ1n) is 9.07. The van der Waals surface area contributed by atoms with Crippen molar-refractivity contribution in [2.45, 2.75) is 19.3 Å². The Morgan fingerprint density at radius 2 is 1.93 bits per heavy atom. The van der Waals surface area contributed by atoms with E-state index in [1.54, 1.807) is 11.8 Å². The number of amides is 1. The molecular formula is C21H19N3O4. The van der Waals surface area contributed by atoms with Gasteiger partial charge in [0.05, 0.1) is 18.5 Å². The number of aryl methyl sites for hydroxylation is 1. The summed E-state index contributed by atoms with van der Waals surface area (Å²) in [5, 5.41) is 7.71. The van der Waals surface area contributed by atoms with E-state index in [1.165, 1.54) is 0 Å². The molecule has 1 aromatic heterocycles. The zero-order valence-corrected chi connectivity index (χ0v) is 15.6. The van der Waals surface area contributed by atoms with Crippen LogP contribution in [0.25, 0.3) is 5.69 Å². The Morgan fingerprint density at radius 3 is 2.71 bits per heavy atom. The molecule has 0 spiro atoms. The summed E-state index contributed by atoms with van der Waals surface area (Å²) in [6.07, 6.45) is 0.363. The van der Waals surface area contributed by atoms with Crippen molar-refractivity contribution in [1.29, 1.82) is 0 Å². The highest BCUT2D eigenvalue weighted by atomic mass is 16.7. The van der Waals surface area contributed by atoms with Crippen molar-refractivity contribution in [2.24, 2.45) is 0 Å². The van der Waals surface area contributed by atoms with Gasteiger partial charge in [-0.3, -0.25) is 4.79 Å². The Bertz CT molecular complexity index is 1070. The van der Waals surface area contributed by atoms with Crippen molar-refractivity contribution in [1.82, 2.24) is 9.78 Å². The van der Waals surface area contributed by atoms with E-state index in [0.717, 1.165) is 34.0 Å². The number of aromatic nitrogens is 2. The SMILES string of the molecule is COc1ccc(-n2nc(C)c3c2NC(=O)C[C@H]3c2ccc3c(c2)OCO3)cc1. The van der Waals surface area contributed by atoms with Crippen LogP contribution in [-0.4, -0.2) is 29.6 Å². The lowest BCUT2D eigenvalue weighted by molar-refractivity contribution is -0.116. The van der Waals surface area contributed by atoms with Gasteiger partial charge in [-0.05, 0) is 48.9 Å². The highest BCUT2D eigenvalue weighted by Gasteiger charge is 2.33. The minimum atomic E-state index is -0.0924. The fourth-order valence-corrected chi connectivity index (χ4v) is 3.87. The number of nitrogens with zero attached hydrogens (tertiary/aromatic N) is 2. The molecule has 0 bridgehead atoms. The van der Waals surface area contributed by atoms with E-state index < -0.39 is 0 Å². The van der Waals surface area contributed by atoms with Gasteiger partial charge in [0.15, 0.2) is 11.5 Å². The summed E-state index contributed by atoms with van der Waals surface area (Å²) in [6, 6.07) is 13.4. The second-order valence-electron chi connectivity index (χ2n) is 6.88. The molecule has 0 saturated carbocycles. The molecule has 2 aliphatic rings. The van der Waals surface area contributed by atoms with Gasteiger partial charge < -0.3 is 19.5 Å². The van der Waals surface area contributed by atoms with Crippen LogP contribution in [0, 0.1) is 6.92 Å². The number of nitrogens with one attached hydrogen (secondary N) is 1. The van der Waals surface area contributed by atoms with Crippen LogP contribution in [0.3, 0.4) is 0 Å². The van der Waals surface area contributed by atoms with E-state index in [4.69, 9.17) is 19.3 Å². The summed E-state index contributed by atoms with van der Waals surface area (Å²) in [5.41, 5.74) is 3.78.